The molecule has 2 atom stereocenters. The van der Waals surface area contributed by atoms with Crippen LogP contribution in [-0.4, -0.2) is 0 Å². The summed E-state index contributed by atoms with van der Waals surface area (Å²) in [7, 11) is 0. The molecule has 0 N–H and O–H groups in total. The minimum absolute atomic E-state index is 0.981. The zero-order valence-corrected chi connectivity index (χ0v) is 20.6. The Hall–Kier alpha value is 0. The van der Waals surface area contributed by atoms with Gasteiger partial charge in [0, 0.05) is 0 Å². The third-order valence-corrected chi connectivity index (χ3v) is 9.98. The van der Waals surface area contributed by atoms with E-state index < -0.39 is 0 Å². The maximum Gasteiger partial charge on any atom is -0.0386 e. The zero-order chi connectivity index (χ0) is 20.6. The summed E-state index contributed by atoms with van der Waals surface area (Å²) in [6.07, 6.45) is 25.9. The van der Waals surface area contributed by atoms with Crippen LogP contribution in [0.1, 0.15) is 137 Å². The highest BCUT2D eigenvalue weighted by molar-refractivity contribution is 4.81. The number of hydrogen-bond donors (Lipinski definition) is 0. The number of rotatable bonds is 9. The van der Waals surface area contributed by atoms with Crippen LogP contribution in [0.2, 0.25) is 0 Å². The molecule has 170 valence electrons. The lowest BCUT2D eigenvalue weighted by atomic mass is 9.69. The Morgan fingerprint density at radius 3 is 1.66 bits per heavy atom. The van der Waals surface area contributed by atoms with E-state index in [4.69, 9.17) is 0 Å². The molecule has 0 heterocycles. The van der Waals surface area contributed by atoms with Gasteiger partial charge >= 0.3 is 0 Å². The van der Waals surface area contributed by atoms with E-state index in [-0.39, 0.29) is 0 Å². The van der Waals surface area contributed by atoms with Gasteiger partial charge in [0.05, 0.1) is 0 Å². The van der Waals surface area contributed by atoms with Crippen molar-refractivity contribution in [2.75, 3.05) is 0 Å². The first kappa shape index (κ1) is 23.7. The van der Waals surface area contributed by atoms with Gasteiger partial charge in [0.15, 0.2) is 0 Å². The molecule has 0 aromatic heterocycles. The number of hydrogen-bond acceptors (Lipinski definition) is 0. The van der Waals surface area contributed by atoms with Crippen molar-refractivity contribution >= 4 is 0 Å². The van der Waals surface area contributed by atoms with Crippen molar-refractivity contribution in [1.82, 2.24) is 0 Å². The monoisotopic (exact) mass is 402 g/mol. The Morgan fingerprint density at radius 1 is 0.621 bits per heavy atom. The second-order valence-corrected chi connectivity index (χ2v) is 12.2. The van der Waals surface area contributed by atoms with Gasteiger partial charge in [-0.1, -0.05) is 105 Å². The molecule has 0 amide bonds. The Labute approximate surface area is 184 Å². The molecule has 0 aliphatic heterocycles. The van der Waals surface area contributed by atoms with E-state index in [9.17, 15) is 0 Å². The van der Waals surface area contributed by atoms with Crippen LogP contribution < -0.4 is 0 Å². The molecule has 3 aliphatic rings. The lowest BCUT2D eigenvalue weighted by molar-refractivity contribution is 0.153. The fourth-order valence-corrected chi connectivity index (χ4v) is 7.50. The normalized spacial score (nSPS) is 38.5. The van der Waals surface area contributed by atoms with Crippen molar-refractivity contribution in [3.63, 3.8) is 0 Å². The van der Waals surface area contributed by atoms with Gasteiger partial charge in [-0.25, -0.2) is 0 Å². The predicted octanol–water partition coefficient (Wildman–Crippen LogP) is 9.67. The molecule has 0 saturated heterocycles. The molecule has 0 bridgehead atoms. The minimum Gasteiger partial charge on any atom is -0.0651 e. The summed E-state index contributed by atoms with van der Waals surface area (Å²) in [5.41, 5.74) is 0. The van der Waals surface area contributed by atoms with Crippen molar-refractivity contribution in [2.24, 2.45) is 47.3 Å². The molecule has 0 aromatic rings. The van der Waals surface area contributed by atoms with Crippen molar-refractivity contribution in [3.05, 3.63) is 0 Å². The van der Waals surface area contributed by atoms with E-state index in [0.717, 1.165) is 47.3 Å². The van der Waals surface area contributed by atoms with Crippen LogP contribution in [0.3, 0.4) is 0 Å². The maximum absolute atomic E-state index is 2.57. The summed E-state index contributed by atoms with van der Waals surface area (Å²) in [6, 6.07) is 0. The first-order valence-electron chi connectivity index (χ1n) is 14.0. The van der Waals surface area contributed by atoms with Crippen molar-refractivity contribution in [3.8, 4) is 0 Å². The van der Waals surface area contributed by atoms with Crippen molar-refractivity contribution < 1.29 is 0 Å². The zero-order valence-electron chi connectivity index (χ0n) is 20.6. The van der Waals surface area contributed by atoms with Gasteiger partial charge in [-0.05, 0) is 79.4 Å². The van der Waals surface area contributed by atoms with Crippen molar-refractivity contribution in [2.45, 2.75) is 137 Å². The lowest BCUT2D eigenvalue weighted by Gasteiger charge is -2.36. The van der Waals surface area contributed by atoms with E-state index in [0.29, 0.717) is 0 Å². The van der Waals surface area contributed by atoms with Crippen LogP contribution in [0.4, 0.5) is 0 Å². The molecule has 3 fully saturated rings. The Kier molecular flexibility index (Phi) is 9.91. The van der Waals surface area contributed by atoms with Crippen LogP contribution in [0.15, 0.2) is 0 Å². The molecule has 0 aromatic carbocycles. The van der Waals surface area contributed by atoms with Gasteiger partial charge < -0.3 is 0 Å². The summed E-state index contributed by atoms with van der Waals surface area (Å²) in [4.78, 5) is 0. The average Bonchev–Trinajstić information content (AvgIpc) is 2.74. The topological polar surface area (TPSA) is 0 Å². The summed E-state index contributed by atoms with van der Waals surface area (Å²) >= 11 is 0. The van der Waals surface area contributed by atoms with Crippen LogP contribution >= 0.6 is 0 Å². The SMILES string of the molecule is CCC(CCCC(C)C1CCC(C)CC1)C1CCC(CC2CCC(C)CC2)CC1. The third-order valence-electron chi connectivity index (χ3n) is 9.98. The minimum atomic E-state index is 0.981. The van der Waals surface area contributed by atoms with Gasteiger partial charge in [-0.15, -0.1) is 0 Å². The summed E-state index contributed by atoms with van der Waals surface area (Å²) in [6.45, 7) is 9.96. The smallest absolute Gasteiger partial charge is 0.0386 e. The second kappa shape index (κ2) is 12.1. The molecule has 0 spiro atoms. The molecule has 0 nitrogen and oxygen atoms in total. The standard InChI is InChI=1S/C29H54/c1-5-27(8-6-7-24(4)28-17-11-23(3)12-18-28)29-19-15-26(16-20-29)21-25-13-9-22(2)10-14-25/h22-29H,5-21H2,1-4H3. The van der Waals surface area contributed by atoms with Gasteiger partial charge in [-0.3, -0.25) is 0 Å². The van der Waals surface area contributed by atoms with E-state index in [1.807, 2.05) is 0 Å². The third kappa shape index (κ3) is 7.57. The molecular weight excluding hydrogens is 348 g/mol. The molecule has 3 saturated carbocycles. The average molecular weight is 403 g/mol. The Balaban J connectivity index is 1.31. The van der Waals surface area contributed by atoms with Crippen molar-refractivity contribution in [1.29, 1.82) is 0 Å². The van der Waals surface area contributed by atoms with Gasteiger partial charge in [0.2, 0.25) is 0 Å². The summed E-state index contributed by atoms with van der Waals surface area (Å²) in [5.74, 6) is 8.29. The van der Waals surface area contributed by atoms with E-state index >= 15 is 0 Å². The van der Waals surface area contributed by atoms with Gasteiger partial charge in [0.25, 0.3) is 0 Å². The van der Waals surface area contributed by atoms with E-state index in [2.05, 4.69) is 27.7 Å². The molecule has 0 heteroatoms. The Morgan fingerprint density at radius 2 is 1.10 bits per heavy atom. The molecule has 0 radical (unpaired) electrons. The van der Waals surface area contributed by atoms with Crippen LogP contribution in [0, 0.1) is 47.3 Å². The molecule has 3 aliphatic carbocycles. The van der Waals surface area contributed by atoms with Gasteiger partial charge in [0.1, 0.15) is 0 Å². The Bertz CT molecular complexity index is 415. The van der Waals surface area contributed by atoms with E-state index in [1.54, 1.807) is 32.1 Å². The quantitative estimate of drug-likeness (QED) is 0.360. The van der Waals surface area contributed by atoms with Gasteiger partial charge in [-0.2, -0.15) is 0 Å². The highest BCUT2D eigenvalue weighted by Crippen LogP contribution is 2.42. The highest BCUT2D eigenvalue weighted by atomic mass is 14.3. The largest absolute Gasteiger partial charge is 0.0651 e. The van der Waals surface area contributed by atoms with Crippen LogP contribution in [-0.2, 0) is 0 Å². The summed E-state index contributed by atoms with van der Waals surface area (Å²) in [5, 5.41) is 0. The molecule has 2 unspecified atom stereocenters. The fourth-order valence-electron chi connectivity index (χ4n) is 7.50. The fraction of sp³-hybridized carbons (Fsp3) is 1.00. The van der Waals surface area contributed by atoms with Crippen LogP contribution in [0.25, 0.3) is 0 Å². The lowest BCUT2D eigenvalue weighted by Crippen LogP contribution is -2.24. The maximum atomic E-state index is 2.57. The summed E-state index contributed by atoms with van der Waals surface area (Å²) < 4.78 is 0. The molecule has 29 heavy (non-hydrogen) atoms. The van der Waals surface area contributed by atoms with E-state index in [1.165, 1.54) is 77.0 Å². The molecule has 3 rings (SSSR count). The second-order valence-electron chi connectivity index (χ2n) is 12.2. The first-order valence-corrected chi connectivity index (χ1v) is 14.0. The highest BCUT2D eigenvalue weighted by Gasteiger charge is 2.29. The molecular formula is C29H54. The first-order chi connectivity index (χ1) is 14.0. The van der Waals surface area contributed by atoms with Crippen LogP contribution in [0.5, 0.6) is 0 Å². The predicted molar refractivity (Wildman–Crippen MR) is 129 cm³/mol.